The molecule has 33 heavy (non-hydrogen) atoms. The minimum atomic E-state index is -0.0692. The number of pyridine rings is 1. The van der Waals surface area contributed by atoms with E-state index in [0.29, 0.717) is 11.0 Å². The number of hydrogen-bond donors (Lipinski definition) is 0. The first-order valence-corrected chi connectivity index (χ1v) is 12.7. The van der Waals surface area contributed by atoms with E-state index in [-0.39, 0.29) is 17.5 Å². The monoisotopic (exact) mass is 443 g/mol. The molecule has 5 nitrogen and oxygen atoms in total. The Kier molecular flexibility index (Phi) is 6.05. The number of aromatic nitrogens is 2. The fourth-order valence-electron chi connectivity index (χ4n) is 5.64. The third-order valence-electron chi connectivity index (χ3n) is 7.33. The molecule has 4 aromatic rings. The van der Waals surface area contributed by atoms with Crippen LogP contribution in [0.1, 0.15) is 88.4 Å². The molecule has 0 spiro atoms. The van der Waals surface area contributed by atoms with Crippen LogP contribution in [0.3, 0.4) is 0 Å². The standard InChI is InChI=1S/C28H33N3O2/c1-3-5-7-9-11-19(12-10-8-6-4-2)31-23-16-15-21-24-20(13-14-22(25(23)24)28(31)33)26-29-17-18-30(26)27(21)32/h13-19H,3-12H2,1-2H3. The van der Waals surface area contributed by atoms with Crippen LogP contribution in [0, 0.1) is 0 Å². The molecule has 0 saturated heterocycles. The normalized spacial score (nSPS) is 13.5. The molecule has 1 aliphatic rings. The molecule has 3 heterocycles. The van der Waals surface area contributed by atoms with Gasteiger partial charge in [0, 0.05) is 45.5 Å². The lowest BCUT2D eigenvalue weighted by Crippen LogP contribution is -2.38. The molecule has 0 radical (unpaired) electrons. The van der Waals surface area contributed by atoms with E-state index >= 15 is 0 Å². The number of unbranched alkanes of at least 4 members (excludes halogenated alkanes) is 6. The minimum Gasteiger partial charge on any atom is -0.305 e. The van der Waals surface area contributed by atoms with Crippen molar-refractivity contribution in [3.63, 3.8) is 0 Å². The molecular weight excluding hydrogens is 410 g/mol. The summed E-state index contributed by atoms with van der Waals surface area (Å²) in [4.78, 5) is 33.3. The first-order chi connectivity index (χ1) is 16.2. The van der Waals surface area contributed by atoms with Crippen LogP contribution in [0.25, 0.3) is 27.2 Å². The van der Waals surface area contributed by atoms with Crippen molar-refractivity contribution in [2.24, 2.45) is 0 Å². The van der Waals surface area contributed by atoms with E-state index in [1.54, 1.807) is 16.8 Å². The zero-order valence-corrected chi connectivity index (χ0v) is 19.8. The highest BCUT2D eigenvalue weighted by atomic mass is 16.2. The molecule has 5 rings (SSSR count). The first kappa shape index (κ1) is 21.9. The molecule has 0 saturated carbocycles. The molecule has 0 bridgehead atoms. The van der Waals surface area contributed by atoms with Crippen LogP contribution in [0.15, 0.2) is 41.5 Å². The largest absolute Gasteiger partial charge is 0.305 e. The van der Waals surface area contributed by atoms with E-state index in [4.69, 9.17) is 0 Å². The molecule has 2 aromatic heterocycles. The second-order valence-corrected chi connectivity index (χ2v) is 9.50. The SMILES string of the molecule is CCCCCCC(CCCCCC)N1C(=O)c2ccc3c4c2c1ccc4c(=O)n1ccnc31. The lowest BCUT2D eigenvalue weighted by Gasteiger charge is -2.29. The van der Waals surface area contributed by atoms with Gasteiger partial charge in [0.2, 0.25) is 0 Å². The van der Waals surface area contributed by atoms with Crippen LogP contribution in [0.2, 0.25) is 0 Å². The number of rotatable bonds is 11. The Balaban J connectivity index is 1.59. The van der Waals surface area contributed by atoms with Gasteiger partial charge in [0.25, 0.3) is 11.5 Å². The molecule has 1 aliphatic heterocycles. The number of carbonyl (C=O) groups excluding carboxylic acids is 1. The number of nitrogens with zero attached hydrogens (tertiary/aromatic N) is 3. The van der Waals surface area contributed by atoms with Crippen molar-refractivity contribution in [2.45, 2.75) is 84.1 Å². The van der Waals surface area contributed by atoms with Crippen molar-refractivity contribution in [3.05, 3.63) is 52.6 Å². The molecule has 0 atom stereocenters. The van der Waals surface area contributed by atoms with E-state index < -0.39 is 0 Å². The van der Waals surface area contributed by atoms with Crippen molar-refractivity contribution in [1.82, 2.24) is 9.38 Å². The summed E-state index contributed by atoms with van der Waals surface area (Å²) in [7, 11) is 0. The Labute approximate surface area is 194 Å². The Bertz CT molecular complexity index is 1340. The predicted octanol–water partition coefficient (Wildman–Crippen LogP) is 6.71. The van der Waals surface area contributed by atoms with Crippen LogP contribution in [0.4, 0.5) is 5.69 Å². The zero-order chi connectivity index (χ0) is 22.9. The van der Waals surface area contributed by atoms with Crippen LogP contribution in [0.5, 0.6) is 0 Å². The van der Waals surface area contributed by atoms with Gasteiger partial charge in [0.05, 0.1) is 5.69 Å². The maximum atomic E-state index is 13.7. The maximum Gasteiger partial charge on any atom is 0.264 e. The first-order valence-electron chi connectivity index (χ1n) is 12.7. The van der Waals surface area contributed by atoms with E-state index in [1.165, 1.54) is 38.5 Å². The summed E-state index contributed by atoms with van der Waals surface area (Å²) in [5.74, 6) is 0.0889. The van der Waals surface area contributed by atoms with E-state index in [1.807, 2.05) is 24.3 Å². The molecule has 1 amide bonds. The van der Waals surface area contributed by atoms with Crippen molar-refractivity contribution in [3.8, 4) is 0 Å². The summed E-state index contributed by atoms with van der Waals surface area (Å²) in [5, 5.41) is 3.42. The van der Waals surface area contributed by atoms with Crippen LogP contribution in [-0.2, 0) is 0 Å². The Morgan fingerprint density at radius 1 is 0.818 bits per heavy atom. The van der Waals surface area contributed by atoms with Crippen LogP contribution in [-0.4, -0.2) is 21.3 Å². The maximum absolute atomic E-state index is 13.7. The van der Waals surface area contributed by atoms with Crippen molar-refractivity contribution in [1.29, 1.82) is 0 Å². The van der Waals surface area contributed by atoms with Gasteiger partial charge in [-0.15, -0.1) is 0 Å². The average molecular weight is 444 g/mol. The van der Waals surface area contributed by atoms with E-state index in [0.717, 1.165) is 53.1 Å². The number of anilines is 1. The van der Waals surface area contributed by atoms with Crippen LogP contribution >= 0.6 is 0 Å². The Morgan fingerprint density at radius 3 is 2.21 bits per heavy atom. The summed E-state index contributed by atoms with van der Waals surface area (Å²) in [5.41, 5.74) is 2.29. The summed E-state index contributed by atoms with van der Waals surface area (Å²) >= 11 is 0. The van der Waals surface area contributed by atoms with Gasteiger partial charge in [-0.3, -0.25) is 14.0 Å². The van der Waals surface area contributed by atoms with Crippen molar-refractivity contribution >= 4 is 38.8 Å². The van der Waals surface area contributed by atoms with E-state index in [9.17, 15) is 9.59 Å². The average Bonchev–Trinajstić information content (AvgIpc) is 3.43. The molecule has 172 valence electrons. The molecule has 5 heteroatoms. The summed E-state index contributed by atoms with van der Waals surface area (Å²) in [6.45, 7) is 4.46. The number of carbonyl (C=O) groups is 1. The number of benzene rings is 2. The number of imidazole rings is 1. The lowest BCUT2D eigenvalue weighted by molar-refractivity contribution is 0.0980. The highest BCUT2D eigenvalue weighted by molar-refractivity contribution is 6.31. The number of amides is 1. The summed E-state index contributed by atoms with van der Waals surface area (Å²) in [6.07, 6.45) is 15.1. The zero-order valence-electron chi connectivity index (χ0n) is 19.8. The molecule has 0 unspecified atom stereocenters. The van der Waals surface area contributed by atoms with Gasteiger partial charge in [0.15, 0.2) is 0 Å². The molecule has 2 aromatic carbocycles. The molecule has 0 aliphatic carbocycles. The molecular formula is C28H33N3O2. The summed E-state index contributed by atoms with van der Waals surface area (Å²) in [6, 6.07) is 8.02. The van der Waals surface area contributed by atoms with Crippen LogP contribution < -0.4 is 10.5 Å². The third kappa shape index (κ3) is 3.58. The van der Waals surface area contributed by atoms with Gasteiger partial charge in [-0.25, -0.2) is 4.98 Å². The third-order valence-corrected chi connectivity index (χ3v) is 7.33. The second-order valence-electron chi connectivity index (χ2n) is 9.50. The number of hydrogen-bond acceptors (Lipinski definition) is 3. The Morgan fingerprint density at radius 2 is 1.52 bits per heavy atom. The highest BCUT2D eigenvalue weighted by Gasteiger charge is 2.35. The fraction of sp³-hybridized carbons (Fsp3) is 0.464. The van der Waals surface area contributed by atoms with Gasteiger partial charge in [-0.2, -0.15) is 0 Å². The smallest absolute Gasteiger partial charge is 0.264 e. The highest BCUT2D eigenvalue weighted by Crippen LogP contribution is 2.43. The van der Waals surface area contributed by atoms with Gasteiger partial charge in [0.1, 0.15) is 5.65 Å². The lowest BCUT2D eigenvalue weighted by atomic mass is 9.98. The van der Waals surface area contributed by atoms with Gasteiger partial charge < -0.3 is 4.90 Å². The van der Waals surface area contributed by atoms with Crippen molar-refractivity contribution < 1.29 is 4.79 Å². The minimum absolute atomic E-state index is 0.0692. The number of fused-ring (bicyclic) bond motifs is 2. The van der Waals surface area contributed by atoms with Crippen molar-refractivity contribution in [2.75, 3.05) is 4.90 Å². The molecule has 0 fully saturated rings. The van der Waals surface area contributed by atoms with Gasteiger partial charge in [-0.1, -0.05) is 65.2 Å². The summed E-state index contributed by atoms with van der Waals surface area (Å²) < 4.78 is 1.61. The van der Waals surface area contributed by atoms with E-state index in [2.05, 4.69) is 23.7 Å². The van der Waals surface area contributed by atoms with Gasteiger partial charge >= 0.3 is 0 Å². The van der Waals surface area contributed by atoms with Gasteiger partial charge in [-0.05, 0) is 37.1 Å². The fourth-order valence-corrected chi connectivity index (χ4v) is 5.64. The Hall–Kier alpha value is -2.95. The predicted molar refractivity (Wildman–Crippen MR) is 136 cm³/mol. The topological polar surface area (TPSA) is 54.7 Å². The molecule has 0 N–H and O–H groups in total. The quantitative estimate of drug-likeness (QED) is 0.242. The second kappa shape index (κ2) is 9.12.